The molecule has 1 aliphatic rings. The summed E-state index contributed by atoms with van der Waals surface area (Å²) in [7, 11) is 0. The van der Waals surface area contributed by atoms with E-state index in [0.717, 1.165) is 0 Å². The Morgan fingerprint density at radius 2 is 1.77 bits per heavy atom. The second kappa shape index (κ2) is 5.41. The van der Waals surface area contributed by atoms with Gasteiger partial charge in [-0.15, -0.1) is 0 Å². The summed E-state index contributed by atoms with van der Waals surface area (Å²) in [6.45, 7) is 12.0. The van der Waals surface area contributed by atoms with E-state index in [-0.39, 0.29) is 29.9 Å². The van der Waals surface area contributed by atoms with E-state index in [9.17, 15) is 9.59 Å². The summed E-state index contributed by atoms with van der Waals surface area (Å²) in [4.78, 5) is 26.4. The highest BCUT2D eigenvalue weighted by Crippen LogP contribution is 2.33. The van der Waals surface area contributed by atoms with Gasteiger partial charge in [0.1, 0.15) is 5.54 Å². The zero-order valence-electron chi connectivity index (χ0n) is 14.3. The molecule has 1 aromatic rings. The number of carbonyl (C=O) groups excluding carboxylic acids is 2. The molecular weight excluding hydrogens is 278 g/mol. The van der Waals surface area contributed by atoms with Gasteiger partial charge in [-0.1, -0.05) is 46.8 Å². The van der Waals surface area contributed by atoms with Crippen molar-refractivity contribution < 1.29 is 14.3 Å². The number of benzene rings is 1. The fraction of sp³-hybridized carbons (Fsp3) is 0.556. The number of amides is 1. The second-order valence-corrected chi connectivity index (χ2v) is 7.42. The highest BCUT2D eigenvalue weighted by Gasteiger charge is 2.51. The number of hydrogen-bond acceptors (Lipinski definition) is 3. The van der Waals surface area contributed by atoms with Gasteiger partial charge in [0.25, 0.3) is 5.91 Å². The molecule has 4 heteroatoms. The first-order valence-electron chi connectivity index (χ1n) is 7.68. The van der Waals surface area contributed by atoms with Crippen molar-refractivity contribution in [2.75, 3.05) is 6.73 Å². The van der Waals surface area contributed by atoms with Crippen molar-refractivity contribution in [1.29, 1.82) is 0 Å². The summed E-state index contributed by atoms with van der Waals surface area (Å²) < 4.78 is 5.13. The van der Waals surface area contributed by atoms with Crippen molar-refractivity contribution in [2.24, 2.45) is 5.92 Å². The van der Waals surface area contributed by atoms with Gasteiger partial charge in [-0.2, -0.15) is 0 Å². The van der Waals surface area contributed by atoms with Crippen LogP contribution in [-0.4, -0.2) is 29.0 Å². The van der Waals surface area contributed by atoms with E-state index in [0.29, 0.717) is 5.56 Å². The smallest absolute Gasteiger partial charge is 0.333 e. The van der Waals surface area contributed by atoms with Gasteiger partial charge in [0.05, 0.1) is 0 Å². The van der Waals surface area contributed by atoms with Crippen LogP contribution < -0.4 is 0 Å². The van der Waals surface area contributed by atoms with Crippen LogP contribution in [0.15, 0.2) is 24.3 Å². The lowest BCUT2D eigenvalue weighted by Crippen LogP contribution is -2.52. The van der Waals surface area contributed by atoms with Gasteiger partial charge in [0, 0.05) is 5.56 Å². The van der Waals surface area contributed by atoms with Crippen LogP contribution in [0.2, 0.25) is 0 Å². The van der Waals surface area contributed by atoms with Crippen LogP contribution >= 0.6 is 0 Å². The van der Waals surface area contributed by atoms with Crippen molar-refractivity contribution in [3.63, 3.8) is 0 Å². The summed E-state index contributed by atoms with van der Waals surface area (Å²) in [6, 6.07) is 7.59. The van der Waals surface area contributed by atoms with Crippen molar-refractivity contribution in [3.05, 3.63) is 35.4 Å². The van der Waals surface area contributed by atoms with Crippen LogP contribution in [0.4, 0.5) is 0 Å². The van der Waals surface area contributed by atoms with E-state index in [1.54, 1.807) is 6.92 Å². The molecule has 1 atom stereocenters. The van der Waals surface area contributed by atoms with E-state index in [1.165, 1.54) is 10.5 Å². The number of ether oxygens (including phenoxy) is 1. The summed E-state index contributed by atoms with van der Waals surface area (Å²) in [5.74, 6) is -0.509. The number of cyclic esters (lactones) is 1. The summed E-state index contributed by atoms with van der Waals surface area (Å²) in [5.41, 5.74) is 0.892. The number of rotatable bonds is 2. The second-order valence-electron chi connectivity index (χ2n) is 7.42. The molecule has 4 nitrogen and oxygen atoms in total. The Kier molecular flexibility index (Phi) is 4.07. The first-order chi connectivity index (χ1) is 10.1. The van der Waals surface area contributed by atoms with Crippen LogP contribution in [0.3, 0.4) is 0 Å². The zero-order valence-corrected chi connectivity index (χ0v) is 14.3. The van der Waals surface area contributed by atoms with Gasteiger partial charge in [0.2, 0.25) is 0 Å². The molecule has 1 aromatic carbocycles. The number of esters is 1. The van der Waals surface area contributed by atoms with Crippen molar-refractivity contribution in [3.8, 4) is 0 Å². The van der Waals surface area contributed by atoms with Crippen molar-refractivity contribution in [2.45, 2.75) is 52.5 Å². The monoisotopic (exact) mass is 303 g/mol. The molecular formula is C18H25NO3. The molecule has 22 heavy (non-hydrogen) atoms. The van der Waals surface area contributed by atoms with Gasteiger partial charge in [-0.25, -0.2) is 4.79 Å². The third-order valence-electron chi connectivity index (χ3n) is 4.67. The molecule has 0 saturated carbocycles. The third kappa shape index (κ3) is 2.62. The molecule has 120 valence electrons. The van der Waals surface area contributed by atoms with Gasteiger partial charge in [0.15, 0.2) is 6.73 Å². The lowest BCUT2D eigenvalue weighted by Gasteiger charge is -2.33. The standard InChI is InChI=1S/C18H25NO3/c1-12(2)18(6)16(21)22-11-19(18)15(20)13-7-9-14(10-8-13)17(3,4)5/h7-10,12H,11H2,1-6H3/t18-/m0/s1. The molecule has 0 bridgehead atoms. The summed E-state index contributed by atoms with van der Waals surface area (Å²) in [5, 5.41) is 0. The van der Waals surface area contributed by atoms with Crippen molar-refractivity contribution >= 4 is 11.9 Å². The summed E-state index contributed by atoms with van der Waals surface area (Å²) in [6.07, 6.45) is 0. The molecule has 1 fully saturated rings. The first kappa shape index (κ1) is 16.5. The predicted octanol–water partition coefficient (Wildman–Crippen LogP) is 3.36. The first-order valence-corrected chi connectivity index (χ1v) is 7.68. The maximum absolute atomic E-state index is 12.8. The molecule has 0 unspecified atom stereocenters. The SMILES string of the molecule is CC(C)[C@@]1(C)C(=O)OCN1C(=O)c1ccc(C(C)(C)C)cc1. The Morgan fingerprint density at radius 3 is 2.23 bits per heavy atom. The predicted molar refractivity (Wildman–Crippen MR) is 85.5 cm³/mol. The maximum atomic E-state index is 12.8. The van der Waals surface area contributed by atoms with Crippen molar-refractivity contribution in [1.82, 2.24) is 4.90 Å². The number of carbonyl (C=O) groups is 2. The average Bonchev–Trinajstić information content (AvgIpc) is 2.75. The highest BCUT2D eigenvalue weighted by atomic mass is 16.6. The van der Waals surface area contributed by atoms with E-state index >= 15 is 0 Å². The molecule has 1 aliphatic heterocycles. The van der Waals surface area contributed by atoms with Crippen LogP contribution in [0, 0.1) is 5.92 Å². The molecule has 0 aliphatic carbocycles. The molecule has 0 N–H and O–H groups in total. The number of nitrogens with zero attached hydrogens (tertiary/aromatic N) is 1. The lowest BCUT2D eigenvalue weighted by atomic mass is 9.85. The topological polar surface area (TPSA) is 46.6 Å². The van der Waals surface area contributed by atoms with E-state index in [1.807, 2.05) is 38.1 Å². The molecule has 2 rings (SSSR count). The quantitative estimate of drug-likeness (QED) is 0.787. The van der Waals surface area contributed by atoms with Gasteiger partial charge >= 0.3 is 5.97 Å². The van der Waals surface area contributed by atoms with E-state index in [2.05, 4.69) is 20.8 Å². The third-order valence-corrected chi connectivity index (χ3v) is 4.67. The normalized spacial score (nSPS) is 22.1. The Balaban J connectivity index is 2.30. The molecule has 1 saturated heterocycles. The molecule has 0 aromatic heterocycles. The van der Waals surface area contributed by atoms with Crippen LogP contribution in [-0.2, 0) is 14.9 Å². The van der Waals surface area contributed by atoms with Crippen LogP contribution in [0.5, 0.6) is 0 Å². The minimum atomic E-state index is -0.903. The lowest BCUT2D eigenvalue weighted by molar-refractivity contribution is -0.143. The van der Waals surface area contributed by atoms with Crippen LogP contribution in [0.25, 0.3) is 0 Å². The number of hydrogen-bond donors (Lipinski definition) is 0. The van der Waals surface area contributed by atoms with Gasteiger partial charge in [-0.05, 0) is 36.0 Å². The Labute approximate surface area is 132 Å². The van der Waals surface area contributed by atoms with Gasteiger partial charge < -0.3 is 4.74 Å². The van der Waals surface area contributed by atoms with Crippen LogP contribution in [0.1, 0.15) is 57.5 Å². The van der Waals surface area contributed by atoms with Gasteiger partial charge in [-0.3, -0.25) is 9.69 Å². The molecule has 0 radical (unpaired) electrons. The summed E-state index contributed by atoms with van der Waals surface area (Å²) >= 11 is 0. The zero-order chi connectivity index (χ0) is 16.7. The van der Waals surface area contributed by atoms with E-state index < -0.39 is 5.54 Å². The largest absolute Gasteiger partial charge is 0.442 e. The molecule has 0 spiro atoms. The molecule has 1 amide bonds. The fourth-order valence-corrected chi connectivity index (χ4v) is 2.60. The van der Waals surface area contributed by atoms with E-state index in [4.69, 9.17) is 4.74 Å². The Morgan fingerprint density at radius 1 is 1.23 bits per heavy atom. The maximum Gasteiger partial charge on any atom is 0.333 e. The Hall–Kier alpha value is -1.84. The molecule has 1 heterocycles. The minimum Gasteiger partial charge on any atom is -0.442 e. The minimum absolute atomic E-state index is 0.0136. The Bertz CT molecular complexity index is 583. The average molecular weight is 303 g/mol. The fourth-order valence-electron chi connectivity index (χ4n) is 2.60. The highest BCUT2D eigenvalue weighted by molar-refractivity contribution is 5.99.